The third-order valence-electron chi connectivity index (χ3n) is 4.99. The molecule has 0 fully saturated rings. The van der Waals surface area contributed by atoms with Gasteiger partial charge < -0.3 is 5.32 Å². The van der Waals surface area contributed by atoms with E-state index in [0.29, 0.717) is 29.2 Å². The topological polar surface area (TPSA) is 72.2 Å². The van der Waals surface area contributed by atoms with Gasteiger partial charge in [0, 0.05) is 29.0 Å². The molecule has 0 aliphatic rings. The van der Waals surface area contributed by atoms with Gasteiger partial charge in [-0.1, -0.05) is 23.7 Å². The zero-order valence-corrected chi connectivity index (χ0v) is 17.2. The van der Waals surface area contributed by atoms with Crippen molar-refractivity contribution in [3.8, 4) is 0 Å². The average molecular weight is 424 g/mol. The molecule has 4 rings (SSSR count). The van der Waals surface area contributed by atoms with Gasteiger partial charge in [-0.3, -0.25) is 9.78 Å². The Kier molecular flexibility index (Phi) is 5.46. The van der Waals surface area contributed by atoms with Crippen LogP contribution < -0.4 is 5.32 Å². The molecule has 30 heavy (non-hydrogen) atoms. The van der Waals surface area contributed by atoms with Crippen molar-refractivity contribution in [2.45, 2.75) is 26.8 Å². The number of aromatic nitrogens is 4. The highest BCUT2D eigenvalue weighted by Gasteiger charge is 2.19. The SMILES string of the molecule is Cc1nc2c(C(=O)NCc3ccccn3)cnn2c(C)c1Cc1ccc(F)cc1Cl. The largest absolute Gasteiger partial charge is 0.346 e. The summed E-state index contributed by atoms with van der Waals surface area (Å²) in [6, 6.07) is 9.88. The molecular weight excluding hydrogens is 405 g/mol. The summed E-state index contributed by atoms with van der Waals surface area (Å²) >= 11 is 6.19. The third kappa shape index (κ3) is 3.89. The number of carbonyl (C=O) groups excluding carboxylic acids is 1. The highest BCUT2D eigenvalue weighted by molar-refractivity contribution is 6.31. The predicted octanol–water partition coefficient (Wildman–Crippen LogP) is 4.05. The molecule has 0 unspecified atom stereocenters. The van der Waals surface area contributed by atoms with E-state index < -0.39 is 0 Å². The van der Waals surface area contributed by atoms with E-state index in [2.05, 4.69) is 20.4 Å². The molecule has 0 saturated heterocycles. The molecular formula is C22H19ClFN5O. The number of nitrogens with one attached hydrogen (secondary N) is 1. The van der Waals surface area contributed by atoms with E-state index in [1.165, 1.54) is 18.3 Å². The minimum absolute atomic E-state index is 0.267. The lowest BCUT2D eigenvalue weighted by Gasteiger charge is -2.13. The first-order chi connectivity index (χ1) is 14.4. The Labute approximate surface area is 177 Å². The monoisotopic (exact) mass is 423 g/mol. The van der Waals surface area contributed by atoms with Crippen molar-refractivity contribution >= 4 is 23.2 Å². The van der Waals surface area contributed by atoms with Crippen LogP contribution in [0, 0.1) is 19.7 Å². The molecule has 1 aromatic carbocycles. The smallest absolute Gasteiger partial charge is 0.257 e. The molecule has 0 aliphatic carbocycles. The van der Waals surface area contributed by atoms with E-state index in [0.717, 1.165) is 28.2 Å². The highest BCUT2D eigenvalue weighted by Crippen LogP contribution is 2.24. The van der Waals surface area contributed by atoms with Gasteiger partial charge in [-0.25, -0.2) is 13.9 Å². The number of nitrogens with zero attached hydrogens (tertiary/aromatic N) is 4. The molecule has 4 aromatic rings. The lowest BCUT2D eigenvalue weighted by molar-refractivity contribution is 0.0952. The molecule has 3 aromatic heterocycles. The van der Waals surface area contributed by atoms with Crippen LogP contribution >= 0.6 is 11.6 Å². The van der Waals surface area contributed by atoms with Gasteiger partial charge in [-0.2, -0.15) is 5.10 Å². The molecule has 8 heteroatoms. The number of amides is 1. The molecule has 152 valence electrons. The van der Waals surface area contributed by atoms with E-state index >= 15 is 0 Å². The van der Waals surface area contributed by atoms with Crippen molar-refractivity contribution in [2.24, 2.45) is 0 Å². The number of benzene rings is 1. The number of halogens is 2. The predicted molar refractivity (Wildman–Crippen MR) is 112 cm³/mol. The first kappa shape index (κ1) is 20.0. The fourth-order valence-electron chi connectivity index (χ4n) is 3.35. The van der Waals surface area contributed by atoms with Crippen LogP contribution in [0.25, 0.3) is 5.65 Å². The lowest BCUT2D eigenvalue weighted by atomic mass is 10.0. The Balaban J connectivity index is 1.63. The van der Waals surface area contributed by atoms with E-state index in [4.69, 9.17) is 11.6 Å². The Bertz CT molecular complexity index is 1240. The third-order valence-corrected chi connectivity index (χ3v) is 5.34. The summed E-state index contributed by atoms with van der Waals surface area (Å²) in [4.78, 5) is 21.5. The van der Waals surface area contributed by atoms with Crippen LogP contribution in [-0.2, 0) is 13.0 Å². The number of carbonyl (C=O) groups is 1. The number of rotatable bonds is 5. The van der Waals surface area contributed by atoms with Gasteiger partial charge >= 0.3 is 0 Å². The maximum atomic E-state index is 13.4. The normalized spacial score (nSPS) is 11.1. The van der Waals surface area contributed by atoms with Crippen molar-refractivity contribution in [1.29, 1.82) is 0 Å². The van der Waals surface area contributed by atoms with Crippen molar-refractivity contribution in [1.82, 2.24) is 24.9 Å². The molecule has 0 atom stereocenters. The molecule has 1 amide bonds. The fraction of sp³-hybridized carbons (Fsp3) is 0.182. The number of fused-ring (bicyclic) bond motifs is 1. The van der Waals surface area contributed by atoms with Crippen LogP contribution in [0.2, 0.25) is 5.02 Å². The van der Waals surface area contributed by atoms with Gasteiger partial charge in [-0.15, -0.1) is 0 Å². The zero-order valence-electron chi connectivity index (χ0n) is 16.5. The molecule has 0 bridgehead atoms. The van der Waals surface area contributed by atoms with Gasteiger partial charge in [0.05, 0.1) is 18.4 Å². The lowest BCUT2D eigenvalue weighted by Crippen LogP contribution is -2.23. The standard InChI is InChI=1S/C22H19ClFN5O/c1-13-18(9-15-6-7-16(24)10-20(15)23)14(2)29-21(28-13)19(12-27-29)22(30)26-11-17-5-3-4-8-25-17/h3-8,10,12H,9,11H2,1-2H3,(H,26,30). The van der Waals surface area contributed by atoms with Gasteiger partial charge in [-0.05, 0) is 49.2 Å². The van der Waals surface area contributed by atoms with Crippen molar-refractivity contribution in [3.63, 3.8) is 0 Å². The second-order valence-electron chi connectivity index (χ2n) is 6.97. The maximum Gasteiger partial charge on any atom is 0.257 e. The van der Waals surface area contributed by atoms with E-state index in [1.54, 1.807) is 16.8 Å². The van der Waals surface area contributed by atoms with Crippen LogP contribution in [0.1, 0.15) is 38.6 Å². The number of hydrogen-bond acceptors (Lipinski definition) is 4. The highest BCUT2D eigenvalue weighted by atomic mass is 35.5. The summed E-state index contributed by atoms with van der Waals surface area (Å²) in [6.07, 6.45) is 3.68. The Morgan fingerprint density at radius 1 is 1.23 bits per heavy atom. The van der Waals surface area contributed by atoms with Crippen LogP contribution in [0.4, 0.5) is 4.39 Å². The van der Waals surface area contributed by atoms with Gasteiger partial charge in [0.1, 0.15) is 11.4 Å². The maximum absolute atomic E-state index is 13.4. The van der Waals surface area contributed by atoms with Crippen molar-refractivity contribution in [3.05, 3.63) is 93.4 Å². The molecule has 3 heterocycles. The van der Waals surface area contributed by atoms with E-state index in [9.17, 15) is 9.18 Å². The Morgan fingerprint density at radius 2 is 2.07 bits per heavy atom. The first-order valence-corrected chi connectivity index (χ1v) is 9.77. The van der Waals surface area contributed by atoms with E-state index in [1.807, 2.05) is 32.0 Å². The first-order valence-electron chi connectivity index (χ1n) is 9.40. The van der Waals surface area contributed by atoms with Crippen LogP contribution in [-0.4, -0.2) is 25.5 Å². The number of pyridine rings is 1. The molecule has 0 aliphatic heterocycles. The summed E-state index contributed by atoms with van der Waals surface area (Å²) in [6.45, 7) is 4.11. The summed E-state index contributed by atoms with van der Waals surface area (Å²) in [5.74, 6) is -0.643. The number of aryl methyl sites for hydroxylation is 2. The average Bonchev–Trinajstić information content (AvgIpc) is 3.15. The van der Waals surface area contributed by atoms with Gasteiger partial charge in [0.2, 0.25) is 0 Å². The molecule has 0 radical (unpaired) electrons. The Morgan fingerprint density at radius 3 is 2.80 bits per heavy atom. The number of hydrogen-bond donors (Lipinski definition) is 1. The molecule has 1 N–H and O–H groups in total. The van der Waals surface area contributed by atoms with Crippen LogP contribution in [0.3, 0.4) is 0 Å². The Hall–Kier alpha value is -3.32. The minimum atomic E-state index is -0.376. The van der Waals surface area contributed by atoms with Crippen LogP contribution in [0.15, 0.2) is 48.8 Å². The fourth-order valence-corrected chi connectivity index (χ4v) is 3.59. The second kappa shape index (κ2) is 8.20. The van der Waals surface area contributed by atoms with Gasteiger partial charge in [0.25, 0.3) is 5.91 Å². The quantitative estimate of drug-likeness (QED) is 0.525. The van der Waals surface area contributed by atoms with Crippen LogP contribution in [0.5, 0.6) is 0 Å². The molecule has 6 nitrogen and oxygen atoms in total. The second-order valence-corrected chi connectivity index (χ2v) is 7.38. The van der Waals surface area contributed by atoms with Crippen molar-refractivity contribution < 1.29 is 9.18 Å². The summed E-state index contributed by atoms with van der Waals surface area (Å²) in [5, 5.41) is 7.58. The summed E-state index contributed by atoms with van der Waals surface area (Å²) in [5.41, 5.74) is 4.98. The van der Waals surface area contributed by atoms with Crippen molar-refractivity contribution in [2.75, 3.05) is 0 Å². The zero-order chi connectivity index (χ0) is 21.3. The summed E-state index contributed by atoms with van der Waals surface area (Å²) < 4.78 is 15.0. The minimum Gasteiger partial charge on any atom is -0.346 e. The molecule has 0 spiro atoms. The molecule has 0 saturated carbocycles. The van der Waals surface area contributed by atoms with E-state index in [-0.39, 0.29) is 11.7 Å². The van der Waals surface area contributed by atoms with Gasteiger partial charge in [0.15, 0.2) is 5.65 Å². The summed E-state index contributed by atoms with van der Waals surface area (Å²) in [7, 11) is 0.